The lowest BCUT2D eigenvalue weighted by Gasteiger charge is -2.07. The molecule has 4 nitrogen and oxygen atoms in total. The fraction of sp³-hybridized carbons (Fsp3) is 0.154. The molecule has 1 N–H and O–H groups in total. The first-order valence-electron chi connectivity index (χ1n) is 5.83. The number of nitrogens with zero attached hydrogens (tertiary/aromatic N) is 1. The first kappa shape index (κ1) is 14.9. The van der Waals surface area contributed by atoms with Gasteiger partial charge < -0.3 is 0 Å². The second-order valence-electron chi connectivity index (χ2n) is 4.08. The molecule has 0 aliphatic carbocycles. The van der Waals surface area contributed by atoms with Gasteiger partial charge in [-0.2, -0.15) is 0 Å². The summed E-state index contributed by atoms with van der Waals surface area (Å²) < 4.78 is 39.2. The lowest BCUT2D eigenvalue weighted by atomic mass is 10.1. The van der Waals surface area contributed by atoms with Gasteiger partial charge in [0.25, 0.3) is 0 Å². The van der Waals surface area contributed by atoms with Gasteiger partial charge in [0.2, 0.25) is 10.0 Å². The van der Waals surface area contributed by atoms with Gasteiger partial charge in [0.15, 0.2) is 0 Å². The minimum atomic E-state index is -3.69. The van der Waals surface area contributed by atoms with E-state index in [0.717, 1.165) is 5.56 Å². The lowest BCUT2D eigenvalue weighted by molar-refractivity contribution is 0.581. The molecule has 0 spiro atoms. The minimum Gasteiger partial charge on any atom is -0.263 e. The third kappa shape index (κ3) is 3.75. The van der Waals surface area contributed by atoms with E-state index >= 15 is 0 Å². The van der Waals surface area contributed by atoms with Crippen LogP contribution in [0.2, 0.25) is 5.02 Å². The molecule has 0 fully saturated rings. The molecule has 1 aromatic carbocycles. The van der Waals surface area contributed by atoms with Gasteiger partial charge in [-0.3, -0.25) is 4.98 Å². The van der Waals surface area contributed by atoms with E-state index in [-0.39, 0.29) is 22.3 Å². The van der Waals surface area contributed by atoms with Crippen molar-refractivity contribution >= 4 is 21.6 Å². The number of aromatic nitrogens is 1. The molecular weight excluding hydrogens is 303 g/mol. The molecule has 2 rings (SSSR count). The van der Waals surface area contributed by atoms with Crippen LogP contribution in [0.4, 0.5) is 4.39 Å². The predicted molar refractivity (Wildman–Crippen MR) is 74.5 cm³/mol. The smallest absolute Gasteiger partial charge is 0.243 e. The highest BCUT2D eigenvalue weighted by Crippen LogP contribution is 2.18. The van der Waals surface area contributed by atoms with Crippen molar-refractivity contribution in [2.24, 2.45) is 0 Å². The maximum absolute atomic E-state index is 12.7. The van der Waals surface area contributed by atoms with Crippen LogP contribution in [0, 0.1) is 5.82 Å². The molecule has 0 amide bonds. The van der Waals surface area contributed by atoms with Crippen molar-refractivity contribution in [1.29, 1.82) is 0 Å². The van der Waals surface area contributed by atoms with E-state index < -0.39 is 10.0 Å². The van der Waals surface area contributed by atoms with E-state index in [9.17, 15) is 12.8 Å². The molecule has 0 unspecified atom stereocenters. The Kier molecular flexibility index (Phi) is 4.69. The number of pyridine rings is 1. The van der Waals surface area contributed by atoms with Gasteiger partial charge in [0.1, 0.15) is 10.7 Å². The Morgan fingerprint density at radius 3 is 2.55 bits per heavy atom. The summed E-state index contributed by atoms with van der Waals surface area (Å²) in [6.45, 7) is 0.194. The summed E-state index contributed by atoms with van der Waals surface area (Å²) in [7, 11) is -3.69. The fourth-order valence-electron chi connectivity index (χ4n) is 1.62. The van der Waals surface area contributed by atoms with E-state index in [1.54, 1.807) is 12.1 Å². The molecule has 0 saturated carbocycles. The Hall–Kier alpha value is -1.50. The summed E-state index contributed by atoms with van der Waals surface area (Å²) in [6.07, 6.45) is 3.07. The van der Waals surface area contributed by atoms with E-state index in [2.05, 4.69) is 9.71 Å². The van der Waals surface area contributed by atoms with Crippen LogP contribution < -0.4 is 4.72 Å². The van der Waals surface area contributed by atoms with Crippen LogP contribution in [-0.2, 0) is 16.4 Å². The predicted octanol–water partition coefficient (Wildman–Crippen LogP) is 2.40. The van der Waals surface area contributed by atoms with Gasteiger partial charge in [0, 0.05) is 18.9 Å². The van der Waals surface area contributed by atoms with Crippen LogP contribution in [0.25, 0.3) is 0 Å². The van der Waals surface area contributed by atoms with Crippen molar-refractivity contribution in [3.8, 4) is 0 Å². The summed E-state index contributed by atoms with van der Waals surface area (Å²) in [5.41, 5.74) is 0.839. The average molecular weight is 315 g/mol. The number of hydrogen-bond acceptors (Lipinski definition) is 3. The molecule has 7 heteroatoms. The Morgan fingerprint density at radius 1 is 1.20 bits per heavy atom. The van der Waals surface area contributed by atoms with E-state index in [1.165, 1.54) is 30.6 Å². The summed E-state index contributed by atoms with van der Waals surface area (Å²) >= 11 is 5.82. The highest BCUT2D eigenvalue weighted by Gasteiger charge is 2.17. The summed E-state index contributed by atoms with van der Waals surface area (Å²) in [4.78, 5) is 3.69. The number of rotatable bonds is 5. The van der Waals surface area contributed by atoms with Gasteiger partial charge in [-0.15, -0.1) is 0 Å². The van der Waals surface area contributed by atoms with Crippen molar-refractivity contribution in [2.45, 2.75) is 11.3 Å². The van der Waals surface area contributed by atoms with E-state index in [4.69, 9.17) is 11.6 Å². The number of hydrogen-bond donors (Lipinski definition) is 1. The normalized spacial score (nSPS) is 11.5. The SMILES string of the molecule is O=S(=O)(NCCc1ccc(F)cc1)c1cnccc1Cl. The maximum Gasteiger partial charge on any atom is 0.243 e. The Bertz CT molecular complexity index is 690. The lowest BCUT2D eigenvalue weighted by Crippen LogP contribution is -2.26. The summed E-state index contributed by atoms with van der Waals surface area (Å²) in [6, 6.07) is 7.31. The highest BCUT2D eigenvalue weighted by atomic mass is 35.5. The largest absolute Gasteiger partial charge is 0.263 e. The topological polar surface area (TPSA) is 59.1 Å². The monoisotopic (exact) mass is 314 g/mol. The van der Waals surface area contributed by atoms with Crippen molar-refractivity contribution in [2.75, 3.05) is 6.54 Å². The number of nitrogens with one attached hydrogen (secondary N) is 1. The average Bonchev–Trinajstić information content (AvgIpc) is 2.41. The second kappa shape index (κ2) is 6.30. The van der Waals surface area contributed by atoms with Crippen molar-refractivity contribution in [3.05, 3.63) is 59.1 Å². The third-order valence-corrected chi connectivity index (χ3v) is 4.57. The summed E-state index contributed by atoms with van der Waals surface area (Å²) in [5, 5.41) is 0.120. The molecule has 1 aromatic heterocycles. The number of benzene rings is 1. The number of sulfonamides is 1. The zero-order valence-corrected chi connectivity index (χ0v) is 12.0. The van der Waals surface area contributed by atoms with Crippen LogP contribution in [0.5, 0.6) is 0 Å². The first-order valence-corrected chi connectivity index (χ1v) is 7.69. The molecule has 2 aromatic rings. The van der Waals surface area contributed by atoms with Crippen LogP contribution >= 0.6 is 11.6 Å². The molecule has 106 valence electrons. The zero-order chi connectivity index (χ0) is 14.6. The molecular formula is C13H12ClFN2O2S. The molecule has 0 aliphatic heterocycles. The molecule has 0 radical (unpaired) electrons. The number of halogens is 2. The van der Waals surface area contributed by atoms with Gasteiger partial charge >= 0.3 is 0 Å². The molecule has 20 heavy (non-hydrogen) atoms. The quantitative estimate of drug-likeness (QED) is 0.922. The fourth-order valence-corrected chi connectivity index (χ4v) is 3.08. The Balaban J connectivity index is 2.00. The van der Waals surface area contributed by atoms with Gasteiger partial charge in [0.05, 0.1) is 5.02 Å². The third-order valence-electron chi connectivity index (χ3n) is 2.64. The molecule has 0 atom stereocenters. The molecule has 1 heterocycles. The highest BCUT2D eigenvalue weighted by molar-refractivity contribution is 7.89. The molecule has 0 bridgehead atoms. The zero-order valence-electron chi connectivity index (χ0n) is 10.4. The molecule has 0 saturated heterocycles. The minimum absolute atomic E-state index is 0.0548. The summed E-state index contributed by atoms with van der Waals surface area (Å²) in [5.74, 6) is -0.323. The van der Waals surface area contributed by atoms with Gasteiger partial charge in [-0.1, -0.05) is 23.7 Å². The van der Waals surface area contributed by atoms with Crippen molar-refractivity contribution < 1.29 is 12.8 Å². The maximum atomic E-state index is 12.7. The van der Waals surface area contributed by atoms with Gasteiger partial charge in [-0.25, -0.2) is 17.5 Å². The Labute approximate surface area is 121 Å². The van der Waals surface area contributed by atoms with Crippen LogP contribution in [0.3, 0.4) is 0 Å². The second-order valence-corrected chi connectivity index (χ2v) is 6.22. The van der Waals surface area contributed by atoms with E-state index in [0.29, 0.717) is 6.42 Å². The Morgan fingerprint density at radius 2 is 1.90 bits per heavy atom. The van der Waals surface area contributed by atoms with E-state index in [1.807, 2.05) is 0 Å². The van der Waals surface area contributed by atoms with Crippen LogP contribution in [0.1, 0.15) is 5.56 Å². The van der Waals surface area contributed by atoms with Crippen LogP contribution in [-0.4, -0.2) is 19.9 Å². The van der Waals surface area contributed by atoms with Gasteiger partial charge in [-0.05, 0) is 30.2 Å². The van der Waals surface area contributed by atoms with Crippen molar-refractivity contribution in [3.63, 3.8) is 0 Å². The first-order chi connectivity index (χ1) is 9.49. The standard InChI is InChI=1S/C13H12ClFN2O2S/c14-12-6-7-16-9-13(12)20(18,19)17-8-5-10-1-3-11(15)4-2-10/h1-4,6-7,9,17H,5,8H2. The van der Waals surface area contributed by atoms with Crippen LogP contribution in [0.15, 0.2) is 47.6 Å². The van der Waals surface area contributed by atoms with Crippen molar-refractivity contribution in [1.82, 2.24) is 9.71 Å². The molecule has 0 aliphatic rings.